The smallest absolute Gasteiger partial charge is 0.310 e. The highest BCUT2D eigenvalue weighted by Gasteiger charge is 2.04. The molecule has 2 N–H and O–H groups in total. The van der Waals surface area contributed by atoms with Crippen molar-refractivity contribution in [3.05, 3.63) is 36.0 Å². The monoisotopic (exact) mass is 191 g/mol. The quantitative estimate of drug-likeness (QED) is 0.704. The number of nitrogens with one attached hydrogen (secondary N) is 1. The third-order valence-electron chi connectivity index (χ3n) is 1.52. The number of para-hydroxylation sites is 1. The van der Waals surface area contributed by atoms with Gasteiger partial charge in [0.2, 0.25) is 0 Å². The zero-order valence-electron chi connectivity index (χ0n) is 7.36. The third kappa shape index (κ3) is 3.13. The Bertz CT molecular complexity index is 366. The standard InChI is InChI=1S/C10H9NO3/c12-7-9(6-10(13)14)11-8-4-2-1-3-5-8/h1-5,11H,6H2,(H,13,14). The van der Waals surface area contributed by atoms with E-state index in [0.29, 0.717) is 5.69 Å². The molecule has 0 unspecified atom stereocenters. The lowest BCUT2D eigenvalue weighted by atomic mass is 10.3. The summed E-state index contributed by atoms with van der Waals surface area (Å²) in [5, 5.41) is 11.1. The van der Waals surface area contributed by atoms with Gasteiger partial charge < -0.3 is 10.4 Å². The topological polar surface area (TPSA) is 66.4 Å². The van der Waals surface area contributed by atoms with E-state index in [1.807, 2.05) is 6.07 Å². The number of hydrogen-bond acceptors (Lipinski definition) is 3. The van der Waals surface area contributed by atoms with Crippen molar-refractivity contribution in [2.24, 2.45) is 0 Å². The van der Waals surface area contributed by atoms with Crippen molar-refractivity contribution in [3.63, 3.8) is 0 Å². The first-order valence-corrected chi connectivity index (χ1v) is 4.00. The third-order valence-corrected chi connectivity index (χ3v) is 1.52. The van der Waals surface area contributed by atoms with Gasteiger partial charge in [-0.05, 0) is 12.1 Å². The summed E-state index contributed by atoms with van der Waals surface area (Å²) in [4.78, 5) is 20.7. The van der Waals surface area contributed by atoms with Crippen molar-refractivity contribution >= 4 is 17.6 Å². The Labute approximate surface area is 80.9 Å². The largest absolute Gasteiger partial charge is 0.481 e. The summed E-state index contributed by atoms with van der Waals surface area (Å²) in [5.41, 5.74) is 0.691. The Morgan fingerprint density at radius 2 is 2.00 bits per heavy atom. The summed E-state index contributed by atoms with van der Waals surface area (Å²) >= 11 is 0. The van der Waals surface area contributed by atoms with E-state index in [1.165, 1.54) is 0 Å². The Balaban J connectivity index is 2.68. The molecule has 0 aliphatic heterocycles. The van der Waals surface area contributed by atoms with Gasteiger partial charge in [-0.25, -0.2) is 4.79 Å². The van der Waals surface area contributed by atoms with Crippen LogP contribution in [0.25, 0.3) is 0 Å². The number of carbonyl (C=O) groups is 1. The summed E-state index contributed by atoms with van der Waals surface area (Å²) in [6.45, 7) is 0. The molecule has 4 heteroatoms. The molecule has 4 nitrogen and oxygen atoms in total. The highest BCUT2D eigenvalue weighted by Crippen LogP contribution is 2.09. The average Bonchev–Trinajstić information content (AvgIpc) is 2.17. The highest BCUT2D eigenvalue weighted by molar-refractivity contribution is 5.76. The van der Waals surface area contributed by atoms with E-state index < -0.39 is 5.97 Å². The number of benzene rings is 1. The normalized spacial score (nSPS) is 8.86. The van der Waals surface area contributed by atoms with Crippen LogP contribution in [-0.4, -0.2) is 17.0 Å². The van der Waals surface area contributed by atoms with Crippen LogP contribution >= 0.6 is 0 Å². The van der Waals surface area contributed by atoms with Crippen LogP contribution in [-0.2, 0) is 9.59 Å². The Kier molecular flexibility index (Phi) is 3.47. The molecular weight excluding hydrogens is 182 g/mol. The number of carboxylic acids is 1. The molecular formula is C10H9NO3. The SMILES string of the molecule is O=C=C(CC(=O)O)Nc1ccccc1. The molecule has 0 atom stereocenters. The summed E-state index contributed by atoms with van der Waals surface area (Å²) < 4.78 is 0. The first-order chi connectivity index (χ1) is 6.72. The van der Waals surface area contributed by atoms with E-state index in [0.717, 1.165) is 0 Å². The maximum Gasteiger partial charge on any atom is 0.310 e. The second-order valence-electron chi connectivity index (χ2n) is 2.64. The first kappa shape index (κ1) is 10.0. The van der Waals surface area contributed by atoms with Crippen LogP contribution in [0.4, 0.5) is 5.69 Å². The second-order valence-corrected chi connectivity index (χ2v) is 2.64. The van der Waals surface area contributed by atoms with Gasteiger partial charge in [-0.3, -0.25) is 4.79 Å². The van der Waals surface area contributed by atoms with Crippen LogP contribution < -0.4 is 5.32 Å². The van der Waals surface area contributed by atoms with E-state index in [-0.39, 0.29) is 12.1 Å². The fourth-order valence-electron chi connectivity index (χ4n) is 0.953. The lowest BCUT2D eigenvalue weighted by Crippen LogP contribution is -2.06. The van der Waals surface area contributed by atoms with Crippen molar-refractivity contribution < 1.29 is 14.7 Å². The summed E-state index contributed by atoms with van der Waals surface area (Å²) in [5.74, 6) is 0.493. The maximum atomic E-state index is 10.4. The minimum absolute atomic E-state index is 0.0173. The van der Waals surface area contributed by atoms with Gasteiger partial charge in [0.15, 0.2) is 0 Å². The number of carbonyl (C=O) groups excluding carboxylic acids is 1. The first-order valence-electron chi connectivity index (χ1n) is 4.00. The summed E-state index contributed by atoms with van der Waals surface area (Å²) in [6.07, 6.45) is -0.349. The van der Waals surface area contributed by atoms with E-state index in [4.69, 9.17) is 5.11 Å². The maximum absolute atomic E-state index is 10.4. The van der Waals surface area contributed by atoms with Gasteiger partial charge in [0, 0.05) is 5.69 Å². The van der Waals surface area contributed by atoms with Crippen molar-refractivity contribution in [1.29, 1.82) is 0 Å². The van der Waals surface area contributed by atoms with Crippen molar-refractivity contribution in [2.45, 2.75) is 6.42 Å². The van der Waals surface area contributed by atoms with Crippen LogP contribution in [0.5, 0.6) is 0 Å². The van der Waals surface area contributed by atoms with Crippen LogP contribution in [0.3, 0.4) is 0 Å². The molecule has 1 aromatic rings. The van der Waals surface area contributed by atoms with Gasteiger partial charge in [-0.1, -0.05) is 18.2 Å². The van der Waals surface area contributed by atoms with E-state index >= 15 is 0 Å². The molecule has 0 saturated carbocycles. The van der Waals surface area contributed by atoms with Gasteiger partial charge >= 0.3 is 5.97 Å². The molecule has 0 amide bonds. The van der Waals surface area contributed by atoms with E-state index in [1.54, 1.807) is 30.2 Å². The molecule has 1 aromatic carbocycles. The van der Waals surface area contributed by atoms with E-state index in [2.05, 4.69) is 5.32 Å². The number of anilines is 1. The fraction of sp³-hybridized carbons (Fsp3) is 0.100. The van der Waals surface area contributed by atoms with Crippen LogP contribution in [0.1, 0.15) is 6.42 Å². The highest BCUT2D eigenvalue weighted by atomic mass is 16.4. The fourth-order valence-corrected chi connectivity index (χ4v) is 0.953. The minimum Gasteiger partial charge on any atom is -0.481 e. The van der Waals surface area contributed by atoms with Gasteiger partial charge in [-0.15, -0.1) is 0 Å². The summed E-state index contributed by atoms with van der Waals surface area (Å²) in [6, 6.07) is 8.86. The Morgan fingerprint density at radius 1 is 1.36 bits per heavy atom. The van der Waals surface area contributed by atoms with Gasteiger partial charge in [-0.2, -0.15) is 0 Å². The zero-order valence-corrected chi connectivity index (χ0v) is 7.36. The van der Waals surface area contributed by atoms with Crippen LogP contribution in [0.15, 0.2) is 36.0 Å². The van der Waals surface area contributed by atoms with Gasteiger partial charge in [0.05, 0.1) is 6.42 Å². The minimum atomic E-state index is -1.06. The second kappa shape index (κ2) is 4.84. The van der Waals surface area contributed by atoms with Crippen LogP contribution in [0, 0.1) is 0 Å². The molecule has 0 aliphatic rings. The lowest BCUT2D eigenvalue weighted by Gasteiger charge is -2.04. The van der Waals surface area contributed by atoms with Crippen molar-refractivity contribution in [3.8, 4) is 0 Å². The molecule has 0 aliphatic carbocycles. The molecule has 14 heavy (non-hydrogen) atoms. The lowest BCUT2D eigenvalue weighted by molar-refractivity contribution is -0.136. The predicted molar refractivity (Wildman–Crippen MR) is 51.5 cm³/mol. The van der Waals surface area contributed by atoms with Crippen LogP contribution in [0.2, 0.25) is 0 Å². The van der Waals surface area contributed by atoms with Crippen molar-refractivity contribution in [1.82, 2.24) is 0 Å². The van der Waals surface area contributed by atoms with Gasteiger partial charge in [0.1, 0.15) is 11.6 Å². The predicted octanol–water partition coefficient (Wildman–Crippen LogP) is 1.29. The number of aliphatic carboxylic acids is 1. The van der Waals surface area contributed by atoms with E-state index in [9.17, 15) is 9.59 Å². The molecule has 0 aromatic heterocycles. The number of hydrogen-bond donors (Lipinski definition) is 2. The molecule has 0 spiro atoms. The van der Waals surface area contributed by atoms with Gasteiger partial charge in [0.25, 0.3) is 0 Å². The molecule has 0 saturated heterocycles. The molecule has 0 heterocycles. The van der Waals surface area contributed by atoms with Crippen molar-refractivity contribution in [2.75, 3.05) is 5.32 Å². The molecule has 0 bridgehead atoms. The number of rotatable bonds is 4. The Morgan fingerprint density at radius 3 is 2.50 bits per heavy atom. The summed E-state index contributed by atoms with van der Waals surface area (Å²) in [7, 11) is 0. The number of carboxylic acid groups (broad SMARTS) is 1. The molecule has 72 valence electrons. The average molecular weight is 191 g/mol. The molecule has 0 fully saturated rings. The zero-order chi connectivity index (χ0) is 10.4. The Hall–Kier alpha value is -2.06. The molecule has 0 radical (unpaired) electrons. The molecule has 1 rings (SSSR count).